The van der Waals surface area contributed by atoms with Crippen LogP contribution in [0.1, 0.15) is 49.7 Å². The highest BCUT2D eigenvalue weighted by Gasteiger charge is 2.34. The molecule has 2 fully saturated rings. The summed E-state index contributed by atoms with van der Waals surface area (Å²) in [5.41, 5.74) is 2.03. The average molecular weight is 444 g/mol. The monoisotopic (exact) mass is 443 g/mol. The normalized spacial score (nSPS) is 19.7. The minimum Gasteiger partial charge on any atom is -0.462 e. The van der Waals surface area contributed by atoms with Crippen molar-refractivity contribution in [1.82, 2.24) is 15.5 Å². The van der Waals surface area contributed by atoms with Crippen molar-refractivity contribution >= 4 is 41.2 Å². The van der Waals surface area contributed by atoms with Gasteiger partial charge >= 0.3 is 5.97 Å². The van der Waals surface area contributed by atoms with Gasteiger partial charge in [0.1, 0.15) is 12.1 Å². The first-order valence-electron chi connectivity index (χ1n) is 10.8. The van der Waals surface area contributed by atoms with Crippen molar-refractivity contribution in [3.63, 3.8) is 0 Å². The number of thiocarbonyl (C=S) groups is 1. The molecule has 8 heteroatoms. The Morgan fingerprint density at radius 1 is 1.23 bits per heavy atom. The standard InChI is InChI=1S/C23H29N3O4S/c1-16-7-9-17(10-8-16)11-12-20(27)25-23(31)26-14-13-24-22(29)19(26)15-21(28)30-18-5-3-2-4-6-18/h7-12,18-19H,2-6,13-15H2,1H3,(H,24,29)(H,25,27,31). The number of nitrogens with zero attached hydrogens (tertiary/aromatic N) is 1. The zero-order valence-corrected chi connectivity index (χ0v) is 18.6. The van der Waals surface area contributed by atoms with Crippen molar-refractivity contribution in [1.29, 1.82) is 0 Å². The number of piperazine rings is 1. The summed E-state index contributed by atoms with van der Waals surface area (Å²) >= 11 is 5.37. The quantitative estimate of drug-likeness (QED) is 0.413. The molecule has 1 atom stereocenters. The van der Waals surface area contributed by atoms with Gasteiger partial charge in [-0.3, -0.25) is 19.7 Å². The molecule has 1 aromatic carbocycles. The molecule has 7 nitrogen and oxygen atoms in total. The Bertz CT molecular complexity index is 847. The number of aryl methyl sites for hydroxylation is 1. The van der Waals surface area contributed by atoms with E-state index < -0.39 is 12.0 Å². The van der Waals surface area contributed by atoms with Gasteiger partial charge in [0.15, 0.2) is 5.11 Å². The fraction of sp³-hybridized carbons (Fsp3) is 0.478. The highest BCUT2D eigenvalue weighted by molar-refractivity contribution is 7.80. The van der Waals surface area contributed by atoms with Gasteiger partial charge in [-0.1, -0.05) is 36.2 Å². The maximum Gasteiger partial charge on any atom is 0.308 e. The van der Waals surface area contributed by atoms with E-state index in [-0.39, 0.29) is 29.5 Å². The molecule has 1 aromatic rings. The molecule has 1 unspecified atom stereocenters. The molecular weight excluding hydrogens is 414 g/mol. The summed E-state index contributed by atoms with van der Waals surface area (Å²) in [5, 5.41) is 5.52. The number of amides is 2. The van der Waals surface area contributed by atoms with E-state index in [1.165, 1.54) is 12.5 Å². The lowest BCUT2D eigenvalue weighted by Gasteiger charge is -2.36. The molecular formula is C23H29N3O4S. The predicted octanol–water partition coefficient (Wildman–Crippen LogP) is 2.48. The van der Waals surface area contributed by atoms with E-state index in [4.69, 9.17) is 17.0 Å². The number of nitrogens with one attached hydrogen (secondary N) is 2. The van der Waals surface area contributed by atoms with Gasteiger partial charge in [-0.25, -0.2) is 0 Å². The minimum absolute atomic E-state index is 0.0695. The van der Waals surface area contributed by atoms with Gasteiger partial charge in [0.2, 0.25) is 11.8 Å². The van der Waals surface area contributed by atoms with Crippen LogP contribution in [-0.2, 0) is 19.1 Å². The zero-order valence-electron chi connectivity index (χ0n) is 17.8. The zero-order chi connectivity index (χ0) is 22.2. The highest BCUT2D eigenvalue weighted by Crippen LogP contribution is 2.21. The van der Waals surface area contributed by atoms with Crippen LogP contribution in [0.2, 0.25) is 0 Å². The van der Waals surface area contributed by atoms with Crippen molar-refractivity contribution in [2.75, 3.05) is 13.1 Å². The Morgan fingerprint density at radius 3 is 2.65 bits per heavy atom. The van der Waals surface area contributed by atoms with Crippen molar-refractivity contribution in [3.05, 3.63) is 41.5 Å². The van der Waals surface area contributed by atoms with E-state index in [1.807, 2.05) is 31.2 Å². The van der Waals surface area contributed by atoms with Crippen LogP contribution >= 0.6 is 12.2 Å². The topological polar surface area (TPSA) is 87.7 Å². The van der Waals surface area contributed by atoms with Crippen molar-refractivity contribution in [3.8, 4) is 0 Å². The lowest BCUT2D eigenvalue weighted by atomic mass is 9.98. The molecule has 2 N–H and O–H groups in total. The van der Waals surface area contributed by atoms with E-state index in [9.17, 15) is 14.4 Å². The van der Waals surface area contributed by atoms with Crippen LogP contribution < -0.4 is 10.6 Å². The number of carbonyl (C=O) groups is 3. The maximum absolute atomic E-state index is 12.4. The lowest BCUT2D eigenvalue weighted by molar-refractivity contribution is -0.153. The van der Waals surface area contributed by atoms with E-state index in [2.05, 4.69) is 10.6 Å². The van der Waals surface area contributed by atoms with Gasteiger partial charge in [0.25, 0.3) is 0 Å². The second-order valence-corrected chi connectivity index (χ2v) is 8.38. The fourth-order valence-corrected chi connectivity index (χ4v) is 4.12. The molecule has 2 aliphatic rings. The summed E-state index contributed by atoms with van der Waals surface area (Å²) in [7, 11) is 0. The molecule has 0 aromatic heterocycles. The largest absolute Gasteiger partial charge is 0.462 e. The van der Waals surface area contributed by atoms with Crippen LogP contribution in [0.3, 0.4) is 0 Å². The third-order valence-corrected chi connectivity index (χ3v) is 5.87. The third kappa shape index (κ3) is 6.89. The SMILES string of the molecule is Cc1ccc(C=CC(=O)NC(=S)N2CCNC(=O)C2CC(=O)OC2CCCCC2)cc1. The van der Waals surface area contributed by atoms with Gasteiger partial charge in [0, 0.05) is 19.2 Å². The first-order chi connectivity index (χ1) is 14.9. The van der Waals surface area contributed by atoms with Gasteiger partial charge in [0.05, 0.1) is 6.42 Å². The number of ether oxygens (including phenoxy) is 1. The van der Waals surface area contributed by atoms with E-state index in [0.717, 1.165) is 36.8 Å². The summed E-state index contributed by atoms with van der Waals surface area (Å²) in [6, 6.07) is 6.97. The number of hydrogen-bond donors (Lipinski definition) is 2. The molecule has 31 heavy (non-hydrogen) atoms. The molecule has 0 bridgehead atoms. The number of carbonyl (C=O) groups excluding carboxylic acids is 3. The van der Waals surface area contributed by atoms with Crippen LogP contribution in [0.15, 0.2) is 30.3 Å². The smallest absolute Gasteiger partial charge is 0.308 e. The van der Waals surface area contributed by atoms with Crippen molar-refractivity contribution < 1.29 is 19.1 Å². The lowest BCUT2D eigenvalue weighted by Crippen LogP contribution is -2.60. The van der Waals surface area contributed by atoms with E-state index >= 15 is 0 Å². The van der Waals surface area contributed by atoms with E-state index in [0.29, 0.717) is 13.1 Å². The summed E-state index contributed by atoms with van der Waals surface area (Å²) in [5.74, 6) is -1.09. The number of rotatable bonds is 5. The number of benzene rings is 1. The second kappa shape index (κ2) is 11.0. The second-order valence-electron chi connectivity index (χ2n) is 7.99. The first-order valence-corrected chi connectivity index (χ1v) is 11.2. The molecule has 1 saturated heterocycles. The Balaban J connectivity index is 1.56. The molecule has 2 amide bonds. The third-order valence-electron chi connectivity index (χ3n) is 5.54. The molecule has 1 heterocycles. The van der Waals surface area contributed by atoms with Gasteiger partial charge < -0.3 is 15.0 Å². The van der Waals surface area contributed by atoms with Crippen LogP contribution in [0, 0.1) is 6.92 Å². The fourth-order valence-electron chi connectivity index (χ4n) is 3.80. The summed E-state index contributed by atoms with van der Waals surface area (Å²) in [6.07, 6.45) is 7.94. The van der Waals surface area contributed by atoms with Gasteiger partial charge in [-0.2, -0.15) is 0 Å². The van der Waals surface area contributed by atoms with Crippen molar-refractivity contribution in [2.24, 2.45) is 0 Å². The first kappa shape index (κ1) is 22.9. The Hall–Kier alpha value is -2.74. The molecule has 1 saturated carbocycles. The van der Waals surface area contributed by atoms with Crippen LogP contribution in [0.4, 0.5) is 0 Å². The van der Waals surface area contributed by atoms with Crippen LogP contribution in [0.25, 0.3) is 6.08 Å². The Morgan fingerprint density at radius 2 is 1.94 bits per heavy atom. The maximum atomic E-state index is 12.4. The molecule has 0 spiro atoms. The Labute approximate surface area is 188 Å². The minimum atomic E-state index is -0.793. The number of esters is 1. The molecule has 3 rings (SSSR count). The molecule has 166 valence electrons. The molecule has 1 aliphatic heterocycles. The molecule has 1 aliphatic carbocycles. The van der Waals surface area contributed by atoms with E-state index in [1.54, 1.807) is 11.0 Å². The number of hydrogen-bond acceptors (Lipinski definition) is 5. The summed E-state index contributed by atoms with van der Waals surface area (Å²) in [4.78, 5) is 38.7. The van der Waals surface area contributed by atoms with Gasteiger partial charge in [-0.05, 0) is 56.5 Å². The highest BCUT2D eigenvalue weighted by atomic mass is 32.1. The van der Waals surface area contributed by atoms with Gasteiger partial charge in [-0.15, -0.1) is 0 Å². The Kier molecular flexibility index (Phi) is 8.17. The van der Waals surface area contributed by atoms with Crippen LogP contribution in [-0.4, -0.2) is 53.0 Å². The average Bonchev–Trinajstić information content (AvgIpc) is 2.75. The molecule has 0 radical (unpaired) electrons. The summed E-state index contributed by atoms with van der Waals surface area (Å²) < 4.78 is 5.56. The summed E-state index contributed by atoms with van der Waals surface area (Å²) in [6.45, 7) is 2.80. The van der Waals surface area contributed by atoms with Crippen LogP contribution in [0.5, 0.6) is 0 Å². The predicted molar refractivity (Wildman–Crippen MR) is 122 cm³/mol. The van der Waals surface area contributed by atoms with Crippen molar-refractivity contribution in [2.45, 2.75) is 57.6 Å².